The molecule has 3 rings (SSSR count). The highest BCUT2D eigenvalue weighted by Crippen LogP contribution is 2.24. The summed E-state index contributed by atoms with van der Waals surface area (Å²) in [6.07, 6.45) is 1.61. The number of hydrogen-bond donors (Lipinski definition) is 1. The zero-order valence-electron chi connectivity index (χ0n) is 15.6. The van der Waals surface area contributed by atoms with Gasteiger partial charge in [-0.05, 0) is 59.6 Å². The van der Waals surface area contributed by atoms with Crippen LogP contribution in [0.5, 0.6) is 5.75 Å². The van der Waals surface area contributed by atoms with Crippen molar-refractivity contribution in [3.63, 3.8) is 0 Å². The highest BCUT2D eigenvalue weighted by atomic mass is 79.9. The van der Waals surface area contributed by atoms with E-state index in [0.29, 0.717) is 27.6 Å². The lowest BCUT2D eigenvalue weighted by Gasteiger charge is -2.09. The first-order valence-corrected chi connectivity index (χ1v) is 10.6. The molecule has 0 saturated carbocycles. The molecule has 7 heteroatoms. The molecule has 3 aromatic rings. The standard InChI is InChI=1S/C21H20BrN3O2S/c1-3-27-17-9-7-16(8-10-17)24-20(26)19-18(22)12-23-21(25-19)28-13-15-6-4-5-14(2)11-15/h4-12H,3,13H2,1-2H3,(H,24,26). The van der Waals surface area contributed by atoms with Gasteiger partial charge in [0, 0.05) is 17.6 Å². The van der Waals surface area contributed by atoms with E-state index in [1.165, 1.54) is 22.9 Å². The van der Waals surface area contributed by atoms with Crippen LogP contribution in [-0.4, -0.2) is 22.5 Å². The fraction of sp³-hybridized carbons (Fsp3) is 0.190. The zero-order valence-corrected chi connectivity index (χ0v) is 18.0. The summed E-state index contributed by atoms with van der Waals surface area (Å²) in [6, 6.07) is 15.5. The van der Waals surface area contributed by atoms with Gasteiger partial charge in [0.05, 0.1) is 11.1 Å². The van der Waals surface area contributed by atoms with Crippen molar-refractivity contribution in [1.82, 2.24) is 9.97 Å². The Morgan fingerprint density at radius 1 is 1.21 bits per heavy atom. The van der Waals surface area contributed by atoms with Gasteiger partial charge in [-0.2, -0.15) is 0 Å². The molecule has 0 aliphatic rings. The first-order valence-electron chi connectivity index (χ1n) is 8.80. The average molecular weight is 458 g/mol. The molecule has 144 valence electrons. The van der Waals surface area contributed by atoms with E-state index in [-0.39, 0.29) is 5.91 Å². The van der Waals surface area contributed by atoms with Crippen LogP contribution in [0.3, 0.4) is 0 Å². The lowest BCUT2D eigenvalue weighted by molar-refractivity contribution is 0.102. The molecule has 1 N–H and O–H groups in total. The van der Waals surface area contributed by atoms with Gasteiger partial charge < -0.3 is 10.1 Å². The quantitative estimate of drug-likeness (QED) is 0.375. The van der Waals surface area contributed by atoms with Gasteiger partial charge in [0.1, 0.15) is 11.4 Å². The second-order valence-corrected chi connectivity index (χ2v) is 7.84. The van der Waals surface area contributed by atoms with Gasteiger partial charge in [-0.3, -0.25) is 4.79 Å². The van der Waals surface area contributed by atoms with Crippen molar-refractivity contribution >= 4 is 39.3 Å². The molecule has 5 nitrogen and oxygen atoms in total. The molecular weight excluding hydrogens is 438 g/mol. The molecular formula is C21H20BrN3O2S. The van der Waals surface area contributed by atoms with Crippen LogP contribution in [0.4, 0.5) is 5.69 Å². The van der Waals surface area contributed by atoms with Gasteiger partial charge in [-0.1, -0.05) is 41.6 Å². The molecule has 28 heavy (non-hydrogen) atoms. The maximum absolute atomic E-state index is 12.6. The molecule has 0 aliphatic heterocycles. The van der Waals surface area contributed by atoms with Crippen molar-refractivity contribution in [3.05, 3.63) is 76.0 Å². The molecule has 0 bridgehead atoms. The van der Waals surface area contributed by atoms with E-state index in [1.54, 1.807) is 18.3 Å². The van der Waals surface area contributed by atoms with Crippen molar-refractivity contribution < 1.29 is 9.53 Å². The van der Waals surface area contributed by atoms with E-state index in [9.17, 15) is 4.79 Å². The maximum Gasteiger partial charge on any atom is 0.275 e. The summed E-state index contributed by atoms with van der Waals surface area (Å²) in [4.78, 5) is 21.4. The van der Waals surface area contributed by atoms with E-state index in [4.69, 9.17) is 4.74 Å². The van der Waals surface area contributed by atoms with Gasteiger partial charge in [-0.25, -0.2) is 9.97 Å². The Balaban J connectivity index is 1.68. The summed E-state index contributed by atoms with van der Waals surface area (Å²) < 4.78 is 5.96. The first kappa shape index (κ1) is 20.4. The van der Waals surface area contributed by atoms with Crippen LogP contribution >= 0.6 is 27.7 Å². The molecule has 0 saturated heterocycles. The molecule has 0 radical (unpaired) electrons. The van der Waals surface area contributed by atoms with E-state index in [2.05, 4.69) is 56.3 Å². The summed E-state index contributed by atoms with van der Waals surface area (Å²) in [6.45, 7) is 4.59. The Hall–Kier alpha value is -2.38. The topological polar surface area (TPSA) is 64.1 Å². The van der Waals surface area contributed by atoms with Crippen LogP contribution in [0.2, 0.25) is 0 Å². The fourth-order valence-electron chi connectivity index (χ4n) is 2.52. The number of aromatic nitrogens is 2. The number of halogens is 1. The molecule has 0 aliphatic carbocycles. The molecule has 0 unspecified atom stereocenters. The number of amides is 1. The van der Waals surface area contributed by atoms with Crippen molar-refractivity contribution in [2.75, 3.05) is 11.9 Å². The minimum absolute atomic E-state index is 0.296. The molecule has 2 aromatic carbocycles. The second kappa shape index (κ2) is 9.71. The monoisotopic (exact) mass is 457 g/mol. The number of aryl methyl sites for hydroxylation is 1. The van der Waals surface area contributed by atoms with Crippen molar-refractivity contribution in [2.45, 2.75) is 24.8 Å². The molecule has 0 fully saturated rings. The third kappa shape index (κ3) is 5.56. The van der Waals surface area contributed by atoms with Crippen molar-refractivity contribution in [3.8, 4) is 5.75 Å². The van der Waals surface area contributed by atoms with Gasteiger partial charge in [0.2, 0.25) is 0 Å². The molecule has 1 heterocycles. The predicted octanol–water partition coefficient (Wildman–Crippen LogP) is 5.49. The molecule has 1 amide bonds. The third-order valence-corrected chi connectivity index (χ3v) is 5.32. The van der Waals surface area contributed by atoms with Crippen LogP contribution in [-0.2, 0) is 5.75 Å². The predicted molar refractivity (Wildman–Crippen MR) is 116 cm³/mol. The lowest BCUT2D eigenvalue weighted by atomic mass is 10.2. The second-order valence-electron chi connectivity index (χ2n) is 6.04. The third-order valence-electron chi connectivity index (χ3n) is 3.81. The number of thioether (sulfide) groups is 1. The van der Waals surface area contributed by atoms with Crippen LogP contribution in [0.25, 0.3) is 0 Å². The van der Waals surface area contributed by atoms with Crippen LogP contribution in [0.15, 0.2) is 64.4 Å². The molecule has 1 aromatic heterocycles. The number of rotatable bonds is 7. The Morgan fingerprint density at radius 3 is 2.71 bits per heavy atom. The zero-order chi connectivity index (χ0) is 19.9. The van der Waals surface area contributed by atoms with Crippen LogP contribution in [0.1, 0.15) is 28.5 Å². The van der Waals surface area contributed by atoms with E-state index in [1.807, 2.05) is 25.1 Å². The number of hydrogen-bond acceptors (Lipinski definition) is 5. The maximum atomic E-state index is 12.6. The number of ether oxygens (including phenoxy) is 1. The Labute approximate surface area is 177 Å². The average Bonchev–Trinajstić information content (AvgIpc) is 2.69. The lowest BCUT2D eigenvalue weighted by Crippen LogP contribution is -2.15. The minimum Gasteiger partial charge on any atom is -0.494 e. The van der Waals surface area contributed by atoms with Gasteiger partial charge in [0.25, 0.3) is 5.91 Å². The summed E-state index contributed by atoms with van der Waals surface area (Å²) in [5, 5.41) is 3.41. The smallest absolute Gasteiger partial charge is 0.275 e. The highest BCUT2D eigenvalue weighted by Gasteiger charge is 2.15. The van der Waals surface area contributed by atoms with Gasteiger partial charge >= 0.3 is 0 Å². The van der Waals surface area contributed by atoms with Gasteiger partial charge in [0.15, 0.2) is 5.16 Å². The number of nitrogens with zero attached hydrogens (tertiary/aromatic N) is 2. The largest absolute Gasteiger partial charge is 0.494 e. The number of anilines is 1. The fourth-order valence-corrected chi connectivity index (χ4v) is 3.65. The van der Waals surface area contributed by atoms with Gasteiger partial charge in [-0.15, -0.1) is 0 Å². The van der Waals surface area contributed by atoms with E-state index >= 15 is 0 Å². The first-order chi connectivity index (χ1) is 13.5. The Bertz CT molecular complexity index is 964. The number of carbonyl (C=O) groups is 1. The normalized spacial score (nSPS) is 10.5. The van der Waals surface area contributed by atoms with E-state index in [0.717, 1.165) is 11.5 Å². The number of benzene rings is 2. The summed E-state index contributed by atoms with van der Waals surface area (Å²) in [7, 11) is 0. The van der Waals surface area contributed by atoms with Crippen molar-refractivity contribution in [1.29, 1.82) is 0 Å². The Kier molecular flexibility index (Phi) is 7.06. The number of nitrogens with one attached hydrogen (secondary N) is 1. The Morgan fingerprint density at radius 2 is 2.00 bits per heavy atom. The summed E-state index contributed by atoms with van der Waals surface area (Å²) in [5.74, 6) is 1.21. The summed E-state index contributed by atoms with van der Waals surface area (Å²) in [5.41, 5.74) is 3.38. The van der Waals surface area contributed by atoms with Crippen LogP contribution < -0.4 is 10.1 Å². The van der Waals surface area contributed by atoms with E-state index < -0.39 is 0 Å². The van der Waals surface area contributed by atoms with Crippen molar-refractivity contribution in [2.24, 2.45) is 0 Å². The summed E-state index contributed by atoms with van der Waals surface area (Å²) >= 11 is 4.86. The van der Waals surface area contributed by atoms with Crippen LogP contribution in [0, 0.1) is 6.92 Å². The minimum atomic E-state index is -0.296. The number of carbonyl (C=O) groups excluding carboxylic acids is 1. The molecule has 0 spiro atoms. The molecule has 0 atom stereocenters. The highest BCUT2D eigenvalue weighted by molar-refractivity contribution is 9.10. The SMILES string of the molecule is CCOc1ccc(NC(=O)c2nc(SCc3cccc(C)c3)ncc2Br)cc1.